The van der Waals surface area contributed by atoms with E-state index in [0.717, 1.165) is 56.1 Å². The molecule has 0 aromatic heterocycles. The van der Waals surface area contributed by atoms with Crippen molar-refractivity contribution in [1.29, 1.82) is 0 Å². The minimum atomic E-state index is -2.22. The molecular formula is C52H86O12Si2. The lowest BCUT2D eigenvalue weighted by atomic mass is 9.81. The predicted octanol–water partition coefficient (Wildman–Crippen LogP) is 9.53. The molecule has 10 fully saturated rings. The van der Waals surface area contributed by atoms with Crippen molar-refractivity contribution in [3.63, 3.8) is 0 Å². The second-order valence-electron chi connectivity index (χ2n) is 25.1. The Bertz CT molecular complexity index is 1790. The number of carbonyl (C=O) groups is 1. The first-order valence-electron chi connectivity index (χ1n) is 25.9. The number of methoxy groups -OCH3 is 1. The van der Waals surface area contributed by atoms with E-state index in [1.54, 1.807) is 7.11 Å². The highest BCUT2D eigenvalue weighted by Gasteiger charge is 2.69. The fourth-order valence-electron chi connectivity index (χ4n) is 12.4. The third-order valence-electron chi connectivity index (χ3n) is 18.4. The van der Waals surface area contributed by atoms with Crippen LogP contribution in [0, 0.1) is 11.8 Å². The molecule has 1 spiro atoms. The van der Waals surface area contributed by atoms with E-state index >= 15 is 0 Å². The number of rotatable bonds is 8. The first-order chi connectivity index (χ1) is 30.9. The fraction of sp³-hybridized carbons (Fsp3) is 0.904. The summed E-state index contributed by atoms with van der Waals surface area (Å²) in [7, 11) is -2.55. The van der Waals surface area contributed by atoms with Crippen LogP contribution in [0.5, 0.6) is 0 Å². The molecular weight excluding hydrogens is 873 g/mol. The van der Waals surface area contributed by atoms with Crippen molar-refractivity contribution in [2.24, 2.45) is 11.8 Å². The van der Waals surface area contributed by atoms with Crippen molar-refractivity contribution in [3.05, 3.63) is 24.3 Å². The van der Waals surface area contributed by atoms with Crippen LogP contribution in [0.1, 0.15) is 132 Å². The maximum atomic E-state index is 14.6. The molecule has 12 bridgehead atoms. The van der Waals surface area contributed by atoms with Crippen LogP contribution in [0.3, 0.4) is 0 Å². The van der Waals surface area contributed by atoms with Crippen LogP contribution in [-0.2, 0) is 56.3 Å². The zero-order valence-corrected chi connectivity index (χ0v) is 44.6. The van der Waals surface area contributed by atoms with Crippen molar-refractivity contribution in [3.8, 4) is 0 Å². The topological polar surface area (TPSA) is 119 Å². The monoisotopic (exact) mass is 959 g/mol. The first-order valence-corrected chi connectivity index (χ1v) is 31.8. The second-order valence-corrected chi connectivity index (χ2v) is 34.7. The number of hydrogen-bond acceptors (Lipinski definition) is 12. The van der Waals surface area contributed by atoms with Crippen molar-refractivity contribution in [1.82, 2.24) is 0 Å². The summed E-state index contributed by atoms with van der Waals surface area (Å²) in [5.41, 5.74) is 2.25. The molecule has 10 aliphatic rings. The van der Waals surface area contributed by atoms with Crippen LogP contribution in [0.4, 0.5) is 0 Å². The average Bonchev–Trinajstić information content (AvgIpc) is 3.90. The van der Waals surface area contributed by atoms with Gasteiger partial charge in [0.05, 0.1) is 73.8 Å². The molecule has 0 amide bonds. The SMILES string of the molecule is C=C1C(C)CC2CC[C@@H]3O[C@@H](CC[C@@]45CC6OC7C(O4)[C@H]4OC(CCC4O[C@H]7C6O5)CC(=O)CC4[C@H](CC1O2)O[C@H](CC(CO[Si](C)(C)C(C)(C)C)O[Si](C)(C)C(C)(C)C)[C@@H]4OC)CC3=C. The molecule has 19 atom stereocenters. The zero-order chi connectivity index (χ0) is 47.3. The maximum Gasteiger partial charge on any atom is 0.192 e. The van der Waals surface area contributed by atoms with Gasteiger partial charge in [-0.3, -0.25) is 4.79 Å². The molecule has 10 saturated heterocycles. The Balaban J connectivity index is 0.993. The van der Waals surface area contributed by atoms with Gasteiger partial charge >= 0.3 is 0 Å². The van der Waals surface area contributed by atoms with E-state index in [2.05, 4.69) is 87.8 Å². The van der Waals surface area contributed by atoms with E-state index in [9.17, 15) is 4.79 Å². The summed E-state index contributed by atoms with van der Waals surface area (Å²) in [4.78, 5) is 14.6. The lowest BCUT2D eigenvalue weighted by molar-refractivity contribution is -0.292. The van der Waals surface area contributed by atoms with Gasteiger partial charge in [-0.25, -0.2) is 0 Å². The molecule has 10 aliphatic heterocycles. The van der Waals surface area contributed by atoms with E-state index in [0.29, 0.717) is 45.1 Å². The van der Waals surface area contributed by atoms with Crippen LogP contribution >= 0.6 is 0 Å². The summed E-state index contributed by atoms with van der Waals surface area (Å²) in [5, 5.41) is 0.0634. The number of hydrogen-bond donors (Lipinski definition) is 0. The molecule has 66 heavy (non-hydrogen) atoms. The molecule has 374 valence electrons. The van der Waals surface area contributed by atoms with E-state index in [1.807, 2.05) is 0 Å². The van der Waals surface area contributed by atoms with Crippen LogP contribution < -0.4 is 0 Å². The largest absolute Gasteiger partial charge is 0.414 e. The third-order valence-corrected chi connectivity index (χ3v) is 27.4. The predicted molar refractivity (Wildman–Crippen MR) is 256 cm³/mol. The molecule has 12 nitrogen and oxygen atoms in total. The average molecular weight is 959 g/mol. The highest BCUT2D eigenvalue weighted by molar-refractivity contribution is 6.74. The van der Waals surface area contributed by atoms with E-state index in [-0.39, 0.29) is 125 Å². The molecule has 14 heteroatoms. The molecule has 11 unspecified atom stereocenters. The maximum absolute atomic E-state index is 14.6. The quantitative estimate of drug-likeness (QED) is 0.170. The van der Waals surface area contributed by atoms with Gasteiger partial charge in [0, 0.05) is 51.6 Å². The van der Waals surface area contributed by atoms with Crippen LogP contribution in [0.15, 0.2) is 24.3 Å². The summed E-state index contributed by atoms with van der Waals surface area (Å²) in [6.07, 6.45) is 5.96. The van der Waals surface area contributed by atoms with Crippen molar-refractivity contribution in [2.45, 2.75) is 272 Å². The van der Waals surface area contributed by atoms with Gasteiger partial charge in [0.2, 0.25) is 0 Å². The van der Waals surface area contributed by atoms with Crippen LogP contribution in [0.25, 0.3) is 0 Å². The molecule has 10 heterocycles. The Morgan fingerprint density at radius 3 is 2.09 bits per heavy atom. The van der Waals surface area contributed by atoms with Gasteiger partial charge in [0.15, 0.2) is 22.4 Å². The fourth-order valence-corrected chi connectivity index (χ4v) is 14.8. The first kappa shape index (κ1) is 50.1. The van der Waals surface area contributed by atoms with Gasteiger partial charge < -0.3 is 51.5 Å². The minimum Gasteiger partial charge on any atom is -0.414 e. The Hall–Kier alpha value is -0.856. The number of Topliss-reactive ketones (excluding diaryl/α,β-unsaturated/α-hetero) is 1. The van der Waals surface area contributed by atoms with Gasteiger partial charge in [0.1, 0.15) is 36.3 Å². The van der Waals surface area contributed by atoms with E-state index < -0.39 is 22.4 Å². The summed E-state index contributed by atoms with van der Waals surface area (Å²) in [5.74, 6) is -0.554. The zero-order valence-electron chi connectivity index (χ0n) is 42.6. The number of ketones is 1. The Morgan fingerprint density at radius 2 is 1.36 bits per heavy atom. The van der Waals surface area contributed by atoms with Crippen molar-refractivity contribution < 1.29 is 56.3 Å². The van der Waals surface area contributed by atoms with Crippen LogP contribution in [-0.4, -0.2) is 140 Å². The van der Waals surface area contributed by atoms with Gasteiger partial charge in [-0.1, -0.05) is 61.6 Å². The van der Waals surface area contributed by atoms with Crippen molar-refractivity contribution in [2.75, 3.05) is 13.7 Å². The molecule has 0 saturated carbocycles. The normalized spacial score (nSPS) is 44.9. The third kappa shape index (κ3) is 9.87. The van der Waals surface area contributed by atoms with Crippen molar-refractivity contribution >= 4 is 22.4 Å². The molecule has 10 rings (SSSR count). The van der Waals surface area contributed by atoms with Gasteiger partial charge in [-0.15, -0.1) is 0 Å². The second kappa shape index (κ2) is 18.6. The molecule has 0 radical (unpaired) electrons. The Morgan fingerprint density at radius 1 is 0.697 bits per heavy atom. The number of carbonyl (C=O) groups excluding carboxylic acids is 1. The lowest BCUT2D eigenvalue weighted by Gasteiger charge is -2.47. The van der Waals surface area contributed by atoms with Gasteiger partial charge in [0.25, 0.3) is 0 Å². The summed E-state index contributed by atoms with van der Waals surface area (Å²) < 4.78 is 76.0. The molecule has 0 aromatic rings. The molecule has 0 aliphatic carbocycles. The lowest BCUT2D eigenvalue weighted by Crippen LogP contribution is -2.61. The van der Waals surface area contributed by atoms with E-state index in [1.165, 1.54) is 0 Å². The number of fused-ring (bicyclic) bond motifs is 6. The molecule has 0 aromatic carbocycles. The Kier molecular flexibility index (Phi) is 14.1. The summed E-state index contributed by atoms with van der Waals surface area (Å²) >= 11 is 0. The standard InChI is InChI=1S/C52H86O12Si2/c1-29-21-33-15-17-38-30(2)22-35(56-38)19-20-52-27-43-46(62-52)47-48(61-43)49(63-52)45-39(60-47)18-16-34(58-45)23-32(53)24-37-41(26-40(57-33)31(29)3)59-42(44(37)54-10)25-36(64-66(13,14)51(7,8)9)28-55-65(11,12)50(4,5)6/h29,33-49H,2-3,15-28H2,1,4-14H3/t29?,33?,34?,35-,36?,37?,38-,39?,40?,41-,42+,43?,44+,45-,46?,47-,48?,49?,52-/m0/s1. The van der Waals surface area contributed by atoms with E-state index in [4.69, 9.17) is 51.5 Å². The van der Waals surface area contributed by atoms with Crippen LogP contribution in [0.2, 0.25) is 36.3 Å². The number of ether oxygens (including phenoxy) is 9. The smallest absolute Gasteiger partial charge is 0.192 e. The summed E-state index contributed by atoms with van der Waals surface area (Å²) in [6.45, 7) is 34.8. The van der Waals surface area contributed by atoms with Gasteiger partial charge in [-0.2, -0.15) is 0 Å². The molecule has 0 N–H and O–H groups in total. The Labute approximate surface area is 398 Å². The summed E-state index contributed by atoms with van der Waals surface area (Å²) in [6, 6.07) is 0. The minimum absolute atomic E-state index is 0.00884. The highest BCUT2D eigenvalue weighted by Crippen LogP contribution is 2.55. The van der Waals surface area contributed by atoms with Gasteiger partial charge in [-0.05, 0) is 98.3 Å². The highest BCUT2D eigenvalue weighted by atomic mass is 28.4.